The van der Waals surface area contributed by atoms with E-state index < -0.39 is 0 Å². The molecule has 2 nitrogen and oxygen atoms in total. The van der Waals surface area contributed by atoms with Crippen molar-refractivity contribution in [1.29, 1.82) is 0 Å². The molecule has 34 heavy (non-hydrogen) atoms. The molecule has 0 radical (unpaired) electrons. The zero-order valence-corrected chi connectivity index (χ0v) is 22.9. The molecule has 0 amide bonds. The second-order valence-electron chi connectivity index (χ2n) is 8.00. The van der Waals surface area contributed by atoms with E-state index >= 15 is 0 Å². The van der Waals surface area contributed by atoms with Crippen molar-refractivity contribution in [3.8, 4) is 0 Å². The summed E-state index contributed by atoms with van der Waals surface area (Å²) in [5.41, 5.74) is 7.74. The van der Waals surface area contributed by atoms with Gasteiger partial charge in [-0.05, 0) is 33.4 Å². The van der Waals surface area contributed by atoms with Gasteiger partial charge in [-0.25, -0.2) is 0 Å². The summed E-state index contributed by atoms with van der Waals surface area (Å²) >= 11 is 6.57. The lowest BCUT2D eigenvalue weighted by Gasteiger charge is -2.07. The Labute approximate surface area is 220 Å². The van der Waals surface area contributed by atoms with Crippen molar-refractivity contribution >= 4 is 57.3 Å². The highest BCUT2D eigenvalue weighted by Crippen LogP contribution is 2.23. The molecule has 0 aliphatic carbocycles. The first-order chi connectivity index (χ1) is 16.5. The Morgan fingerprint density at radius 3 is 0.853 bits per heavy atom. The molecule has 0 fully saturated rings. The second kappa shape index (κ2) is 14.7. The van der Waals surface area contributed by atoms with Crippen LogP contribution in [0, 0.1) is 0 Å². The van der Waals surface area contributed by atoms with Crippen LogP contribution in [0.25, 0.3) is 0 Å². The average molecular weight is 527 g/mol. The molecule has 3 rings (SSSR count). The van der Waals surface area contributed by atoms with Crippen LogP contribution in [0.2, 0.25) is 0 Å². The van der Waals surface area contributed by atoms with Gasteiger partial charge in [0.25, 0.3) is 0 Å². The lowest BCUT2D eigenvalue weighted by Crippen LogP contribution is -1.89. The van der Waals surface area contributed by atoms with Crippen LogP contribution < -0.4 is 0 Å². The van der Waals surface area contributed by atoms with Gasteiger partial charge in [0.1, 0.15) is 0 Å². The molecule has 0 saturated carbocycles. The Kier molecular flexibility index (Phi) is 11.7. The van der Waals surface area contributed by atoms with Gasteiger partial charge in [-0.1, -0.05) is 96.3 Å². The van der Waals surface area contributed by atoms with E-state index in [4.69, 9.17) is 0 Å². The van der Waals surface area contributed by atoms with E-state index in [9.17, 15) is 9.59 Å². The molecule has 0 unspecified atom stereocenters. The average Bonchev–Trinajstić information content (AvgIpc) is 2.84. The Bertz CT molecular complexity index is 959. The van der Waals surface area contributed by atoms with Crippen molar-refractivity contribution in [2.24, 2.45) is 0 Å². The van der Waals surface area contributed by atoms with Crippen LogP contribution in [0.5, 0.6) is 0 Å². The summed E-state index contributed by atoms with van der Waals surface area (Å²) in [6.45, 7) is 3.22. The van der Waals surface area contributed by atoms with Gasteiger partial charge in [-0.3, -0.25) is 9.59 Å². The molecule has 0 heterocycles. The first-order valence-corrected chi connectivity index (χ1v) is 15.4. The standard InChI is InChI=1S/C28H30O2S4/c1-21(29)33-19-27-11-7-25(8-12-27)17-31-15-23-3-5-24(6-4-23)16-32-18-26-9-13-28(14-10-26)20-34-22(2)30/h3-14H,15-20H2,1-2H3. The van der Waals surface area contributed by atoms with Crippen molar-refractivity contribution in [3.63, 3.8) is 0 Å². The summed E-state index contributed by atoms with van der Waals surface area (Å²) in [6.07, 6.45) is 0. The molecule has 178 valence electrons. The summed E-state index contributed by atoms with van der Waals surface area (Å²) in [5.74, 6) is 5.49. The van der Waals surface area contributed by atoms with E-state index in [-0.39, 0.29) is 10.2 Å². The van der Waals surface area contributed by atoms with E-state index in [1.54, 1.807) is 13.8 Å². The van der Waals surface area contributed by atoms with Crippen LogP contribution in [0.1, 0.15) is 47.2 Å². The highest BCUT2D eigenvalue weighted by molar-refractivity contribution is 8.13. The van der Waals surface area contributed by atoms with Crippen LogP contribution in [0.3, 0.4) is 0 Å². The molecule has 6 heteroatoms. The summed E-state index contributed by atoms with van der Waals surface area (Å²) in [5, 5.41) is 0.327. The minimum absolute atomic E-state index is 0.163. The molecule has 0 aromatic heterocycles. The quantitative estimate of drug-likeness (QED) is 0.237. The Hall–Kier alpha value is -1.60. The molecule has 0 saturated heterocycles. The largest absolute Gasteiger partial charge is 0.288 e. The molecule has 0 aliphatic heterocycles. The maximum atomic E-state index is 11.1. The fourth-order valence-electron chi connectivity index (χ4n) is 3.14. The van der Waals surface area contributed by atoms with E-state index in [0.717, 1.165) is 34.5 Å². The normalized spacial score (nSPS) is 10.9. The van der Waals surface area contributed by atoms with Crippen molar-refractivity contribution in [2.45, 2.75) is 48.4 Å². The number of benzene rings is 3. The minimum atomic E-state index is 0.163. The first-order valence-electron chi connectivity index (χ1n) is 11.1. The minimum Gasteiger partial charge on any atom is -0.288 e. The zero-order chi connectivity index (χ0) is 24.2. The maximum absolute atomic E-state index is 11.1. The molecular weight excluding hydrogens is 497 g/mol. The summed E-state index contributed by atoms with van der Waals surface area (Å²) in [7, 11) is 0. The smallest absolute Gasteiger partial charge is 0.186 e. The third-order valence-electron chi connectivity index (χ3n) is 5.03. The van der Waals surface area contributed by atoms with E-state index in [0.29, 0.717) is 0 Å². The maximum Gasteiger partial charge on any atom is 0.186 e. The van der Waals surface area contributed by atoms with E-state index in [2.05, 4.69) is 72.8 Å². The van der Waals surface area contributed by atoms with Crippen molar-refractivity contribution < 1.29 is 9.59 Å². The van der Waals surface area contributed by atoms with Crippen LogP contribution >= 0.6 is 47.0 Å². The van der Waals surface area contributed by atoms with Gasteiger partial charge < -0.3 is 0 Å². The van der Waals surface area contributed by atoms with Crippen molar-refractivity contribution in [2.75, 3.05) is 0 Å². The second-order valence-corrected chi connectivity index (χ2v) is 12.3. The monoisotopic (exact) mass is 526 g/mol. The predicted octanol–water partition coefficient (Wildman–Crippen LogP) is 8.11. The molecule has 0 N–H and O–H groups in total. The number of carbonyl (C=O) groups excluding carboxylic acids is 2. The number of carbonyl (C=O) groups is 2. The third kappa shape index (κ3) is 10.3. The van der Waals surface area contributed by atoms with Crippen LogP contribution in [-0.4, -0.2) is 10.2 Å². The Balaban J connectivity index is 1.35. The van der Waals surface area contributed by atoms with Gasteiger partial charge in [0.15, 0.2) is 10.2 Å². The number of thioether (sulfide) groups is 4. The Morgan fingerprint density at radius 1 is 0.441 bits per heavy atom. The molecule has 3 aromatic carbocycles. The molecular formula is C28H30O2S4. The van der Waals surface area contributed by atoms with Gasteiger partial charge >= 0.3 is 0 Å². The Morgan fingerprint density at radius 2 is 0.647 bits per heavy atom. The van der Waals surface area contributed by atoms with Crippen LogP contribution in [0.4, 0.5) is 0 Å². The summed E-state index contributed by atoms with van der Waals surface area (Å²) < 4.78 is 0. The summed E-state index contributed by atoms with van der Waals surface area (Å²) in [6, 6.07) is 26.1. The molecule has 0 aliphatic rings. The number of hydrogen-bond donors (Lipinski definition) is 0. The van der Waals surface area contributed by atoms with Gasteiger partial charge in [0.05, 0.1) is 0 Å². The highest BCUT2D eigenvalue weighted by atomic mass is 32.2. The van der Waals surface area contributed by atoms with Gasteiger partial charge in [0, 0.05) is 48.4 Å². The number of rotatable bonds is 12. The lowest BCUT2D eigenvalue weighted by molar-refractivity contribution is -0.109. The fraction of sp³-hybridized carbons (Fsp3) is 0.286. The molecule has 0 atom stereocenters. The van der Waals surface area contributed by atoms with Gasteiger partial charge in [0.2, 0.25) is 0 Å². The molecule has 0 bridgehead atoms. The highest BCUT2D eigenvalue weighted by Gasteiger charge is 2.02. The fourth-order valence-corrected chi connectivity index (χ4v) is 6.18. The van der Waals surface area contributed by atoms with Crippen LogP contribution in [0.15, 0.2) is 72.8 Å². The topological polar surface area (TPSA) is 34.1 Å². The molecule has 0 spiro atoms. The number of hydrogen-bond acceptors (Lipinski definition) is 6. The molecule has 3 aromatic rings. The SMILES string of the molecule is CC(=O)SCc1ccc(CSCc2ccc(CSCc3ccc(CSC(C)=O)cc3)cc2)cc1. The van der Waals surface area contributed by atoms with Gasteiger partial charge in [-0.2, -0.15) is 23.5 Å². The predicted molar refractivity (Wildman–Crippen MR) is 153 cm³/mol. The first kappa shape index (κ1) is 27.0. The third-order valence-corrected chi connectivity index (χ3v) is 8.95. The summed E-state index contributed by atoms with van der Waals surface area (Å²) in [4.78, 5) is 22.2. The van der Waals surface area contributed by atoms with Crippen LogP contribution in [-0.2, 0) is 44.1 Å². The van der Waals surface area contributed by atoms with Crippen molar-refractivity contribution in [3.05, 3.63) is 106 Å². The van der Waals surface area contributed by atoms with E-state index in [1.165, 1.54) is 56.9 Å². The van der Waals surface area contributed by atoms with Crippen molar-refractivity contribution in [1.82, 2.24) is 0 Å². The zero-order valence-electron chi connectivity index (χ0n) is 19.6. The van der Waals surface area contributed by atoms with E-state index in [1.807, 2.05) is 23.5 Å². The van der Waals surface area contributed by atoms with Gasteiger partial charge in [-0.15, -0.1) is 0 Å². The lowest BCUT2D eigenvalue weighted by atomic mass is 10.2.